The Balaban J connectivity index is 1.73. The van der Waals surface area contributed by atoms with Crippen LogP contribution in [-0.4, -0.2) is 15.6 Å². The van der Waals surface area contributed by atoms with Gasteiger partial charge in [0, 0.05) is 23.6 Å². The van der Waals surface area contributed by atoms with Crippen molar-refractivity contribution in [1.29, 1.82) is 0 Å². The van der Waals surface area contributed by atoms with Crippen LogP contribution in [0.15, 0.2) is 70.7 Å². The van der Waals surface area contributed by atoms with Gasteiger partial charge in [0.25, 0.3) is 5.56 Å². The molecule has 2 N–H and O–H groups in total. The van der Waals surface area contributed by atoms with Crippen molar-refractivity contribution in [2.24, 2.45) is 5.41 Å². The lowest BCUT2D eigenvalue weighted by atomic mass is 9.69. The number of anilines is 1. The topological polar surface area (TPSA) is 66.9 Å². The third-order valence-corrected chi connectivity index (χ3v) is 6.44. The van der Waals surface area contributed by atoms with E-state index < -0.39 is 0 Å². The Labute approximate surface area is 181 Å². The van der Waals surface area contributed by atoms with Gasteiger partial charge >= 0.3 is 0 Å². The van der Waals surface area contributed by atoms with Crippen molar-refractivity contribution in [3.8, 4) is 5.69 Å². The molecule has 2 aromatic carbocycles. The minimum absolute atomic E-state index is 0.112. The number of para-hydroxylation sites is 1. The summed E-state index contributed by atoms with van der Waals surface area (Å²) in [6, 6.07) is 17.9. The van der Waals surface area contributed by atoms with Crippen molar-refractivity contribution in [2.45, 2.75) is 46.0 Å². The number of hydrogen-bond donors (Lipinski definition) is 2. The predicted molar refractivity (Wildman–Crippen MR) is 123 cm³/mol. The number of aromatic nitrogens is 2. The lowest BCUT2D eigenvalue weighted by Gasteiger charge is -2.37. The van der Waals surface area contributed by atoms with Crippen LogP contribution >= 0.6 is 0 Å². The molecule has 31 heavy (non-hydrogen) atoms. The van der Waals surface area contributed by atoms with Gasteiger partial charge in [-0.3, -0.25) is 14.7 Å². The zero-order chi connectivity index (χ0) is 21.8. The first-order valence-corrected chi connectivity index (χ1v) is 10.9. The van der Waals surface area contributed by atoms with E-state index in [0.29, 0.717) is 17.8 Å². The second kappa shape index (κ2) is 7.12. The van der Waals surface area contributed by atoms with Gasteiger partial charge in [0.2, 0.25) is 0 Å². The van der Waals surface area contributed by atoms with Crippen molar-refractivity contribution in [3.05, 3.63) is 92.9 Å². The lowest BCUT2D eigenvalue weighted by Crippen LogP contribution is -2.35. The van der Waals surface area contributed by atoms with Crippen molar-refractivity contribution >= 4 is 11.6 Å². The van der Waals surface area contributed by atoms with Gasteiger partial charge in [0.05, 0.1) is 11.3 Å². The summed E-state index contributed by atoms with van der Waals surface area (Å²) < 4.78 is 1.57. The molecule has 0 radical (unpaired) electrons. The number of carbonyl (C=O) groups excluding carboxylic acids is 1. The first-order valence-electron chi connectivity index (χ1n) is 10.9. The summed E-state index contributed by atoms with van der Waals surface area (Å²) in [5, 5.41) is 6.68. The standard InChI is InChI=1S/C26H27N3O2/c1-4-16-10-12-17(13-11-16)21-22-19(14-26(2,3)15-20(22)30)27-24-23(21)25(31)29(28-24)18-8-6-5-7-9-18/h5-13,21,27-28H,4,14-15H2,1-3H3/t21-/m1/s1. The number of fused-ring (bicyclic) bond motifs is 1. The van der Waals surface area contributed by atoms with Crippen LogP contribution in [0.1, 0.15) is 56.2 Å². The maximum absolute atomic E-state index is 13.6. The van der Waals surface area contributed by atoms with E-state index in [1.54, 1.807) is 4.68 Å². The van der Waals surface area contributed by atoms with E-state index in [0.717, 1.165) is 35.4 Å². The fraction of sp³-hybridized carbons (Fsp3) is 0.308. The number of allylic oxidation sites excluding steroid dienone is 2. The number of carbonyl (C=O) groups is 1. The minimum Gasteiger partial charge on any atom is -0.343 e. The average molecular weight is 414 g/mol. The van der Waals surface area contributed by atoms with Crippen molar-refractivity contribution in [3.63, 3.8) is 0 Å². The summed E-state index contributed by atoms with van der Waals surface area (Å²) in [4.78, 5) is 26.9. The van der Waals surface area contributed by atoms with E-state index in [9.17, 15) is 9.59 Å². The molecule has 1 aromatic heterocycles. The molecule has 1 aliphatic carbocycles. The number of H-pyrrole nitrogens is 1. The Morgan fingerprint density at radius 2 is 1.71 bits per heavy atom. The largest absolute Gasteiger partial charge is 0.343 e. The Morgan fingerprint density at radius 1 is 1.00 bits per heavy atom. The molecule has 0 bridgehead atoms. The van der Waals surface area contributed by atoms with Gasteiger partial charge in [0.15, 0.2) is 5.78 Å². The Kier molecular flexibility index (Phi) is 4.50. The van der Waals surface area contributed by atoms with Crippen LogP contribution in [0.4, 0.5) is 5.82 Å². The highest BCUT2D eigenvalue weighted by atomic mass is 16.1. The van der Waals surface area contributed by atoms with E-state index in [1.165, 1.54) is 5.56 Å². The summed E-state index contributed by atoms with van der Waals surface area (Å²) in [7, 11) is 0. The SMILES string of the molecule is CCc1ccc([C@@H]2C3=C(CC(C)(C)CC3=O)Nc3[nH]n(-c4ccccc4)c(=O)c32)cc1. The van der Waals surface area contributed by atoms with Gasteiger partial charge in [-0.05, 0) is 41.5 Å². The van der Waals surface area contributed by atoms with Crippen LogP contribution in [0.3, 0.4) is 0 Å². The number of rotatable bonds is 3. The summed E-state index contributed by atoms with van der Waals surface area (Å²) in [6.45, 7) is 6.36. The average Bonchev–Trinajstić information content (AvgIpc) is 3.08. The second-order valence-corrected chi connectivity index (χ2v) is 9.36. The molecule has 5 rings (SSSR count). The Hall–Kier alpha value is -3.34. The van der Waals surface area contributed by atoms with Crippen LogP contribution in [0.2, 0.25) is 0 Å². The number of nitrogens with one attached hydrogen (secondary N) is 2. The van der Waals surface area contributed by atoms with Crippen molar-refractivity contribution < 1.29 is 4.79 Å². The molecule has 5 heteroatoms. The number of benzene rings is 2. The summed E-state index contributed by atoms with van der Waals surface area (Å²) in [5.74, 6) is 0.443. The maximum Gasteiger partial charge on any atom is 0.277 e. The molecule has 0 saturated heterocycles. The maximum atomic E-state index is 13.6. The van der Waals surface area contributed by atoms with Gasteiger partial charge in [-0.15, -0.1) is 0 Å². The quantitative estimate of drug-likeness (QED) is 0.640. The highest BCUT2D eigenvalue weighted by Crippen LogP contribution is 2.47. The highest BCUT2D eigenvalue weighted by molar-refractivity contribution is 6.01. The number of aromatic amines is 1. The molecular weight excluding hydrogens is 386 g/mol. The molecular formula is C26H27N3O2. The molecule has 158 valence electrons. The molecule has 1 aliphatic heterocycles. The van der Waals surface area contributed by atoms with E-state index >= 15 is 0 Å². The molecule has 2 aliphatic rings. The molecule has 0 unspecified atom stereocenters. The highest BCUT2D eigenvalue weighted by Gasteiger charge is 2.42. The molecule has 0 amide bonds. The number of aryl methyl sites for hydroxylation is 1. The van der Waals surface area contributed by atoms with Crippen LogP contribution < -0.4 is 10.9 Å². The first-order chi connectivity index (χ1) is 14.9. The van der Waals surface area contributed by atoms with Crippen LogP contribution in [0, 0.1) is 5.41 Å². The Bertz CT molecular complexity index is 1240. The summed E-state index contributed by atoms with van der Waals surface area (Å²) >= 11 is 0. The van der Waals surface area contributed by atoms with Gasteiger partial charge in [-0.2, -0.15) is 0 Å². The molecule has 2 heterocycles. The smallest absolute Gasteiger partial charge is 0.277 e. The van der Waals surface area contributed by atoms with Gasteiger partial charge in [-0.25, -0.2) is 4.68 Å². The number of ketones is 1. The van der Waals surface area contributed by atoms with Crippen LogP contribution in [-0.2, 0) is 11.2 Å². The van der Waals surface area contributed by atoms with Crippen LogP contribution in [0.5, 0.6) is 0 Å². The predicted octanol–water partition coefficient (Wildman–Crippen LogP) is 4.93. The molecule has 0 spiro atoms. The fourth-order valence-corrected chi connectivity index (χ4v) is 4.93. The van der Waals surface area contributed by atoms with E-state index in [2.05, 4.69) is 55.5 Å². The van der Waals surface area contributed by atoms with Crippen molar-refractivity contribution in [1.82, 2.24) is 9.78 Å². The summed E-state index contributed by atoms with van der Waals surface area (Å²) in [6.07, 6.45) is 2.21. The molecule has 0 saturated carbocycles. The van der Waals surface area contributed by atoms with Crippen LogP contribution in [0.25, 0.3) is 5.69 Å². The first kappa shape index (κ1) is 19.6. The van der Waals surface area contributed by atoms with Gasteiger partial charge < -0.3 is 5.32 Å². The zero-order valence-corrected chi connectivity index (χ0v) is 18.2. The monoisotopic (exact) mass is 413 g/mol. The second-order valence-electron chi connectivity index (χ2n) is 9.36. The molecule has 1 atom stereocenters. The third kappa shape index (κ3) is 3.25. The van der Waals surface area contributed by atoms with Gasteiger partial charge in [0.1, 0.15) is 5.82 Å². The van der Waals surface area contributed by atoms with E-state index in [1.807, 2.05) is 30.3 Å². The Morgan fingerprint density at radius 3 is 2.39 bits per heavy atom. The number of Topliss-reactive ketones (excluding diaryl/α,β-unsaturated/α-hetero) is 1. The fourth-order valence-electron chi connectivity index (χ4n) is 4.93. The number of nitrogens with zero attached hydrogens (tertiary/aromatic N) is 1. The van der Waals surface area contributed by atoms with E-state index in [-0.39, 0.29) is 22.7 Å². The van der Waals surface area contributed by atoms with Gasteiger partial charge in [-0.1, -0.05) is 63.2 Å². The molecule has 0 fully saturated rings. The minimum atomic E-state index is -0.366. The van der Waals surface area contributed by atoms with E-state index in [4.69, 9.17) is 0 Å². The lowest BCUT2D eigenvalue weighted by molar-refractivity contribution is -0.118. The molecule has 5 nitrogen and oxygen atoms in total. The molecule has 3 aromatic rings. The summed E-state index contributed by atoms with van der Waals surface area (Å²) in [5.41, 5.74) is 5.04. The zero-order valence-electron chi connectivity index (χ0n) is 18.2. The number of hydrogen-bond acceptors (Lipinski definition) is 3. The normalized spacial score (nSPS) is 19.6. The third-order valence-electron chi connectivity index (χ3n) is 6.44. The van der Waals surface area contributed by atoms with Crippen molar-refractivity contribution in [2.75, 3.05) is 5.32 Å².